The van der Waals surface area contributed by atoms with Crippen LogP contribution in [0.15, 0.2) is 12.1 Å². The number of rotatable bonds is 3. The molecule has 0 aromatic carbocycles. The molecule has 1 amide bonds. The summed E-state index contributed by atoms with van der Waals surface area (Å²) < 4.78 is 0. The maximum Gasteiger partial charge on any atom is 0.223 e. The van der Waals surface area contributed by atoms with Crippen LogP contribution < -0.4 is 5.32 Å². The molecule has 4 heteroatoms. The van der Waals surface area contributed by atoms with Crippen molar-refractivity contribution in [2.75, 3.05) is 6.61 Å². The Hall–Kier alpha value is -1.31. The fourth-order valence-corrected chi connectivity index (χ4v) is 2.48. The molecular formula is C13H15NO2S. The molecule has 0 radical (unpaired) electrons. The predicted octanol–water partition coefficient (Wildman–Crippen LogP) is 1.36. The van der Waals surface area contributed by atoms with Gasteiger partial charge in [0.1, 0.15) is 6.61 Å². The first-order valence-corrected chi connectivity index (χ1v) is 6.48. The van der Waals surface area contributed by atoms with E-state index in [4.69, 9.17) is 5.11 Å². The Labute approximate surface area is 105 Å². The standard InChI is InChI=1S/C13H15NO2S/c1-9-7-12(9)13(16)14-8-11-5-4-10(17-11)3-2-6-15/h4-5,9,12,15H,6-8H2,1H3,(H,14,16). The minimum atomic E-state index is -0.121. The third kappa shape index (κ3) is 3.32. The van der Waals surface area contributed by atoms with Gasteiger partial charge < -0.3 is 10.4 Å². The molecule has 0 bridgehead atoms. The van der Waals surface area contributed by atoms with E-state index < -0.39 is 0 Å². The molecule has 1 aliphatic carbocycles. The number of amides is 1. The Morgan fingerprint density at radius 2 is 2.41 bits per heavy atom. The number of aliphatic hydroxyl groups excluding tert-OH is 1. The van der Waals surface area contributed by atoms with E-state index >= 15 is 0 Å². The zero-order valence-corrected chi connectivity index (χ0v) is 10.5. The molecule has 2 unspecified atom stereocenters. The lowest BCUT2D eigenvalue weighted by atomic mass is 10.3. The van der Waals surface area contributed by atoms with Crippen LogP contribution in [0.2, 0.25) is 0 Å². The van der Waals surface area contributed by atoms with Gasteiger partial charge in [-0.15, -0.1) is 11.3 Å². The highest BCUT2D eigenvalue weighted by atomic mass is 32.1. The number of hydrogen-bond donors (Lipinski definition) is 2. The van der Waals surface area contributed by atoms with Gasteiger partial charge in [0.15, 0.2) is 0 Å². The molecule has 1 aromatic heterocycles. The van der Waals surface area contributed by atoms with Gasteiger partial charge in [0.2, 0.25) is 5.91 Å². The summed E-state index contributed by atoms with van der Waals surface area (Å²) in [5, 5.41) is 11.5. The SMILES string of the molecule is CC1CC1C(=O)NCc1ccc(C#CCO)s1. The predicted molar refractivity (Wildman–Crippen MR) is 67.4 cm³/mol. The molecule has 2 atom stereocenters. The normalized spacial score (nSPS) is 21.5. The molecule has 3 nitrogen and oxygen atoms in total. The van der Waals surface area contributed by atoms with Gasteiger partial charge in [-0.2, -0.15) is 0 Å². The first kappa shape index (κ1) is 12.2. The number of aliphatic hydroxyl groups is 1. The van der Waals surface area contributed by atoms with Gasteiger partial charge in [0, 0.05) is 10.8 Å². The molecular weight excluding hydrogens is 234 g/mol. The van der Waals surface area contributed by atoms with Gasteiger partial charge in [0.05, 0.1) is 11.4 Å². The summed E-state index contributed by atoms with van der Waals surface area (Å²) >= 11 is 1.55. The molecule has 0 saturated heterocycles. The molecule has 2 N–H and O–H groups in total. The molecule has 1 aromatic rings. The van der Waals surface area contributed by atoms with Crippen molar-refractivity contribution in [3.8, 4) is 11.8 Å². The molecule has 17 heavy (non-hydrogen) atoms. The summed E-state index contributed by atoms with van der Waals surface area (Å²) in [6.07, 6.45) is 1.02. The number of hydrogen-bond acceptors (Lipinski definition) is 3. The molecule has 1 aliphatic rings. The van der Waals surface area contributed by atoms with Crippen molar-refractivity contribution in [3.63, 3.8) is 0 Å². The Kier molecular flexibility index (Phi) is 3.82. The summed E-state index contributed by atoms with van der Waals surface area (Å²) in [5.41, 5.74) is 0. The first-order valence-electron chi connectivity index (χ1n) is 5.67. The summed E-state index contributed by atoms with van der Waals surface area (Å²) in [5.74, 6) is 6.39. The molecule has 2 rings (SSSR count). The van der Waals surface area contributed by atoms with Gasteiger partial charge in [-0.05, 0) is 24.5 Å². The van der Waals surface area contributed by atoms with E-state index in [0.29, 0.717) is 12.5 Å². The Balaban J connectivity index is 1.83. The van der Waals surface area contributed by atoms with Crippen molar-refractivity contribution in [1.29, 1.82) is 0 Å². The second-order valence-corrected chi connectivity index (χ2v) is 5.43. The lowest BCUT2D eigenvalue weighted by Gasteiger charge is -2.01. The van der Waals surface area contributed by atoms with E-state index in [9.17, 15) is 4.79 Å². The van der Waals surface area contributed by atoms with E-state index in [1.165, 1.54) is 0 Å². The highest BCUT2D eigenvalue weighted by Crippen LogP contribution is 2.37. The molecule has 1 saturated carbocycles. The second-order valence-electron chi connectivity index (χ2n) is 4.26. The van der Waals surface area contributed by atoms with Crippen LogP contribution >= 0.6 is 11.3 Å². The summed E-state index contributed by atoms with van der Waals surface area (Å²) in [6, 6.07) is 3.87. The molecule has 0 aliphatic heterocycles. The molecule has 0 spiro atoms. The zero-order chi connectivity index (χ0) is 12.3. The minimum Gasteiger partial charge on any atom is -0.384 e. The topological polar surface area (TPSA) is 49.3 Å². The monoisotopic (exact) mass is 249 g/mol. The maximum atomic E-state index is 11.6. The van der Waals surface area contributed by atoms with Gasteiger partial charge >= 0.3 is 0 Å². The average Bonchev–Trinajstić information content (AvgIpc) is 2.89. The number of carbonyl (C=O) groups excluding carboxylic acids is 1. The summed E-state index contributed by atoms with van der Waals surface area (Å²) in [6.45, 7) is 2.55. The third-order valence-corrected chi connectivity index (χ3v) is 3.84. The lowest BCUT2D eigenvalue weighted by Crippen LogP contribution is -2.24. The molecule has 1 fully saturated rings. The second kappa shape index (κ2) is 5.35. The number of thiophene rings is 1. The zero-order valence-electron chi connectivity index (χ0n) is 9.69. The van der Waals surface area contributed by atoms with E-state index in [2.05, 4.69) is 24.1 Å². The minimum absolute atomic E-state index is 0.121. The fraction of sp³-hybridized carbons (Fsp3) is 0.462. The highest BCUT2D eigenvalue weighted by Gasteiger charge is 2.38. The van der Waals surface area contributed by atoms with Crippen LogP contribution in [-0.4, -0.2) is 17.6 Å². The van der Waals surface area contributed by atoms with Crippen LogP contribution in [0.1, 0.15) is 23.1 Å². The van der Waals surface area contributed by atoms with Crippen molar-refractivity contribution in [2.24, 2.45) is 11.8 Å². The fourth-order valence-electron chi connectivity index (χ4n) is 1.66. The van der Waals surface area contributed by atoms with E-state index in [1.807, 2.05) is 12.1 Å². The van der Waals surface area contributed by atoms with Crippen molar-refractivity contribution in [2.45, 2.75) is 19.9 Å². The van der Waals surface area contributed by atoms with Gasteiger partial charge in [-0.1, -0.05) is 18.8 Å². The van der Waals surface area contributed by atoms with Crippen molar-refractivity contribution >= 4 is 17.2 Å². The Morgan fingerprint density at radius 1 is 1.65 bits per heavy atom. The van der Waals surface area contributed by atoms with Gasteiger partial charge in [-0.25, -0.2) is 0 Å². The van der Waals surface area contributed by atoms with Crippen LogP contribution in [0, 0.1) is 23.7 Å². The van der Waals surface area contributed by atoms with Crippen LogP contribution in [0.5, 0.6) is 0 Å². The van der Waals surface area contributed by atoms with E-state index in [-0.39, 0.29) is 18.4 Å². The van der Waals surface area contributed by atoms with Crippen LogP contribution in [0.4, 0.5) is 0 Å². The summed E-state index contributed by atoms with van der Waals surface area (Å²) in [7, 11) is 0. The maximum absolute atomic E-state index is 11.6. The summed E-state index contributed by atoms with van der Waals surface area (Å²) in [4.78, 5) is 13.6. The van der Waals surface area contributed by atoms with Crippen LogP contribution in [-0.2, 0) is 11.3 Å². The number of nitrogens with one attached hydrogen (secondary N) is 1. The van der Waals surface area contributed by atoms with Crippen molar-refractivity contribution in [3.05, 3.63) is 21.9 Å². The van der Waals surface area contributed by atoms with Crippen molar-refractivity contribution < 1.29 is 9.90 Å². The van der Waals surface area contributed by atoms with Crippen molar-refractivity contribution in [1.82, 2.24) is 5.32 Å². The third-order valence-electron chi connectivity index (χ3n) is 2.84. The van der Waals surface area contributed by atoms with E-state index in [0.717, 1.165) is 16.2 Å². The average molecular weight is 249 g/mol. The molecule has 90 valence electrons. The van der Waals surface area contributed by atoms with Gasteiger partial charge in [0.25, 0.3) is 0 Å². The largest absolute Gasteiger partial charge is 0.384 e. The first-order chi connectivity index (χ1) is 8.20. The smallest absolute Gasteiger partial charge is 0.223 e. The van der Waals surface area contributed by atoms with Crippen LogP contribution in [0.3, 0.4) is 0 Å². The quantitative estimate of drug-likeness (QED) is 0.795. The highest BCUT2D eigenvalue weighted by molar-refractivity contribution is 7.12. The Morgan fingerprint density at radius 3 is 3.06 bits per heavy atom. The molecule has 1 heterocycles. The number of carbonyl (C=O) groups is 1. The van der Waals surface area contributed by atoms with E-state index in [1.54, 1.807) is 11.3 Å². The Bertz CT molecular complexity index is 469. The van der Waals surface area contributed by atoms with Crippen LogP contribution in [0.25, 0.3) is 0 Å². The lowest BCUT2D eigenvalue weighted by molar-refractivity contribution is -0.122. The van der Waals surface area contributed by atoms with Gasteiger partial charge in [-0.3, -0.25) is 4.79 Å².